The Hall–Kier alpha value is -0.700. The maximum absolute atomic E-state index is 6.01. The van der Waals surface area contributed by atoms with E-state index in [9.17, 15) is 0 Å². The smallest absolute Gasteiger partial charge is 0.138 e. The zero-order chi connectivity index (χ0) is 13.8. The van der Waals surface area contributed by atoms with E-state index in [1.807, 2.05) is 0 Å². The zero-order valence-corrected chi connectivity index (χ0v) is 12.5. The molecule has 0 radical (unpaired) electrons. The van der Waals surface area contributed by atoms with E-state index in [0.717, 1.165) is 5.57 Å². The van der Waals surface area contributed by atoms with Crippen LogP contribution < -0.4 is 10.1 Å². The van der Waals surface area contributed by atoms with Crippen molar-refractivity contribution in [2.24, 2.45) is 0 Å². The van der Waals surface area contributed by atoms with Gasteiger partial charge in [0.2, 0.25) is 0 Å². The highest BCUT2D eigenvalue weighted by Crippen LogP contribution is 2.27. The van der Waals surface area contributed by atoms with Crippen LogP contribution in [0.4, 0.5) is 0 Å². The van der Waals surface area contributed by atoms with Crippen molar-refractivity contribution in [1.29, 1.82) is 0 Å². The van der Waals surface area contributed by atoms with Crippen molar-refractivity contribution in [3.05, 3.63) is 40.4 Å². The van der Waals surface area contributed by atoms with Gasteiger partial charge in [-0.1, -0.05) is 29.8 Å². The summed E-state index contributed by atoms with van der Waals surface area (Å²) >= 11 is 11.8. The molecule has 4 heteroatoms. The third-order valence-electron chi connectivity index (χ3n) is 2.19. The van der Waals surface area contributed by atoms with Crippen LogP contribution in [0.15, 0.2) is 30.4 Å². The maximum Gasteiger partial charge on any atom is 0.138 e. The molecule has 0 fully saturated rings. The van der Waals surface area contributed by atoms with Crippen molar-refractivity contribution in [2.45, 2.75) is 26.3 Å². The number of rotatable bonds is 5. The lowest BCUT2D eigenvalue weighted by atomic mass is 10.1. The molecule has 18 heavy (non-hydrogen) atoms. The molecule has 0 amide bonds. The summed E-state index contributed by atoms with van der Waals surface area (Å²) in [7, 11) is 0. The van der Waals surface area contributed by atoms with Gasteiger partial charge in [-0.25, -0.2) is 0 Å². The number of nitrogens with one attached hydrogen (secondary N) is 1. The van der Waals surface area contributed by atoms with Gasteiger partial charge >= 0.3 is 0 Å². The van der Waals surface area contributed by atoms with Gasteiger partial charge in [-0.05, 0) is 44.5 Å². The third kappa shape index (κ3) is 5.76. The summed E-state index contributed by atoms with van der Waals surface area (Å²) < 4.78 is 5.59. The highest BCUT2D eigenvalue weighted by Gasteiger charge is 2.09. The standard InChI is InChI=1S/C14H19Cl2NO/c1-10(8-17-14(2,3)4)9-18-13-6-5-11(15)7-12(13)16/h5-7,17H,1,8-9H2,2-4H3. The van der Waals surface area contributed by atoms with Gasteiger partial charge in [0.25, 0.3) is 0 Å². The van der Waals surface area contributed by atoms with Crippen molar-refractivity contribution in [3.8, 4) is 5.75 Å². The largest absolute Gasteiger partial charge is 0.488 e. The molecular formula is C14H19Cl2NO. The molecule has 0 bridgehead atoms. The summed E-state index contributed by atoms with van der Waals surface area (Å²) in [6, 6.07) is 5.17. The van der Waals surface area contributed by atoms with Crippen LogP contribution in [0.1, 0.15) is 20.8 Å². The molecule has 1 rings (SSSR count). The maximum atomic E-state index is 6.01. The summed E-state index contributed by atoms with van der Waals surface area (Å²) in [5, 5.41) is 4.46. The normalized spacial score (nSPS) is 11.4. The van der Waals surface area contributed by atoms with Gasteiger partial charge < -0.3 is 10.1 Å². The lowest BCUT2D eigenvalue weighted by molar-refractivity contribution is 0.342. The van der Waals surface area contributed by atoms with Crippen LogP contribution in [-0.2, 0) is 0 Å². The van der Waals surface area contributed by atoms with Gasteiger partial charge in [-0.3, -0.25) is 0 Å². The third-order valence-corrected chi connectivity index (χ3v) is 2.72. The second-order valence-corrected chi connectivity index (χ2v) is 6.06. The van der Waals surface area contributed by atoms with E-state index in [4.69, 9.17) is 27.9 Å². The SMILES string of the molecule is C=C(CNC(C)(C)C)COc1ccc(Cl)cc1Cl. The van der Waals surface area contributed by atoms with Crippen LogP contribution in [0.3, 0.4) is 0 Å². The Bertz CT molecular complexity index is 424. The predicted octanol–water partition coefficient (Wildman–Crippen LogP) is 4.32. The first-order valence-electron chi connectivity index (χ1n) is 5.77. The van der Waals surface area contributed by atoms with E-state index >= 15 is 0 Å². The average molecular weight is 288 g/mol. The molecule has 0 unspecified atom stereocenters. The van der Waals surface area contributed by atoms with Crippen LogP contribution in [0.25, 0.3) is 0 Å². The van der Waals surface area contributed by atoms with Crippen LogP contribution in [-0.4, -0.2) is 18.7 Å². The molecule has 0 heterocycles. The fourth-order valence-corrected chi connectivity index (χ4v) is 1.68. The van der Waals surface area contributed by atoms with E-state index < -0.39 is 0 Å². The van der Waals surface area contributed by atoms with E-state index in [1.165, 1.54) is 0 Å². The van der Waals surface area contributed by atoms with Gasteiger partial charge in [0, 0.05) is 17.1 Å². The number of ether oxygens (including phenoxy) is 1. The number of halogens is 2. The molecule has 100 valence electrons. The minimum absolute atomic E-state index is 0.0703. The Labute approximate surface area is 119 Å². The zero-order valence-electron chi connectivity index (χ0n) is 11.0. The molecule has 0 aliphatic heterocycles. The van der Waals surface area contributed by atoms with Gasteiger partial charge in [0.1, 0.15) is 12.4 Å². The van der Waals surface area contributed by atoms with E-state index in [-0.39, 0.29) is 5.54 Å². The second-order valence-electron chi connectivity index (χ2n) is 5.22. The number of hydrogen-bond acceptors (Lipinski definition) is 2. The monoisotopic (exact) mass is 287 g/mol. The van der Waals surface area contributed by atoms with Crippen LogP contribution in [0.2, 0.25) is 10.0 Å². The molecule has 0 saturated heterocycles. The minimum atomic E-state index is 0.0703. The Morgan fingerprint density at radius 1 is 1.33 bits per heavy atom. The molecule has 1 aromatic carbocycles. The fourth-order valence-electron chi connectivity index (χ4n) is 1.21. The quantitative estimate of drug-likeness (QED) is 0.815. The summed E-state index contributed by atoms with van der Waals surface area (Å²) in [6.07, 6.45) is 0. The molecule has 1 aromatic rings. The number of hydrogen-bond donors (Lipinski definition) is 1. The molecule has 0 aliphatic rings. The van der Waals surface area contributed by atoms with E-state index in [2.05, 4.69) is 32.7 Å². The molecule has 0 aliphatic carbocycles. The minimum Gasteiger partial charge on any atom is -0.488 e. The van der Waals surface area contributed by atoms with E-state index in [1.54, 1.807) is 18.2 Å². The van der Waals surface area contributed by atoms with Crippen LogP contribution in [0, 0.1) is 0 Å². The first-order valence-corrected chi connectivity index (χ1v) is 6.53. The highest BCUT2D eigenvalue weighted by molar-refractivity contribution is 6.35. The first kappa shape index (κ1) is 15.4. The van der Waals surface area contributed by atoms with Crippen molar-refractivity contribution >= 4 is 23.2 Å². The summed E-state index contributed by atoms with van der Waals surface area (Å²) in [6.45, 7) is 11.4. The van der Waals surface area contributed by atoms with Crippen LogP contribution in [0.5, 0.6) is 5.75 Å². The van der Waals surface area contributed by atoms with Gasteiger partial charge in [0.15, 0.2) is 0 Å². The molecule has 1 N–H and O–H groups in total. The van der Waals surface area contributed by atoms with Crippen molar-refractivity contribution in [2.75, 3.05) is 13.2 Å². The average Bonchev–Trinajstić information content (AvgIpc) is 2.24. The Balaban J connectivity index is 2.43. The molecule has 0 atom stereocenters. The molecular weight excluding hydrogens is 269 g/mol. The van der Waals surface area contributed by atoms with Crippen LogP contribution >= 0.6 is 23.2 Å². The second kappa shape index (κ2) is 6.46. The molecule has 2 nitrogen and oxygen atoms in total. The lowest BCUT2D eigenvalue weighted by Gasteiger charge is -2.21. The van der Waals surface area contributed by atoms with E-state index in [0.29, 0.717) is 28.9 Å². The fraction of sp³-hybridized carbons (Fsp3) is 0.429. The number of benzene rings is 1. The van der Waals surface area contributed by atoms with Gasteiger partial charge in [-0.15, -0.1) is 0 Å². The predicted molar refractivity (Wildman–Crippen MR) is 78.9 cm³/mol. The van der Waals surface area contributed by atoms with Crippen molar-refractivity contribution < 1.29 is 4.74 Å². The highest BCUT2D eigenvalue weighted by atomic mass is 35.5. The summed E-state index contributed by atoms with van der Waals surface area (Å²) in [5.41, 5.74) is 1.04. The van der Waals surface area contributed by atoms with Gasteiger partial charge in [0.05, 0.1) is 5.02 Å². The topological polar surface area (TPSA) is 21.3 Å². The van der Waals surface area contributed by atoms with Crippen molar-refractivity contribution in [3.63, 3.8) is 0 Å². The Kier molecular flexibility index (Phi) is 5.51. The van der Waals surface area contributed by atoms with Gasteiger partial charge in [-0.2, -0.15) is 0 Å². The first-order chi connectivity index (χ1) is 8.28. The summed E-state index contributed by atoms with van der Waals surface area (Å²) in [5.74, 6) is 0.623. The summed E-state index contributed by atoms with van der Waals surface area (Å²) in [4.78, 5) is 0. The molecule has 0 spiro atoms. The molecule has 0 aromatic heterocycles. The Morgan fingerprint density at radius 2 is 2.00 bits per heavy atom. The molecule has 0 saturated carbocycles. The Morgan fingerprint density at radius 3 is 2.56 bits per heavy atom. The van der Waals surface area contributed by atoms with Crippen molar-refractivity contribution in [1.82, 2.24) is 5.32 Å². The lowest BCUT2D eigenvalue weighted by Crippen LogP contribution is -2.37.